The molecule has 0 aliphatic heterocycles. The van der Waals surface area contributed by atoms with E-state index in [-0.39, 0.29) is 11.8 Å². The molecule has 0 saturated heterocycles. The molecule has 0 bridgehead atoms. The summed E-state index contributed by atoms with van der Waals surface area (Å²) < 4.78 is 0. The van der Waals surface area contributed by atoms with Gasteiger partial charge in [0.1, 0.15) is 11.6 Å². The van der Waals surface area contributed by atoms with E-state index >= 15 is 0 Å². The number of benzene rings is 6. The van der Waals surface area contributed by atoms with Crippen molar-refractivity contribution in [2.75, 3.05) is 48.6 Å². The quantitative estimate of drug-likeness (QED) is 0.119. The first-order chi connectivity index (χ1) is 26.2. The van der Waals surface area contributed by atoms with Crippen molar-refractivity contribution in [2.45, 2.75) is 0 Å². The normalized spacial score (nSPS) is 11.1. The summed E-state index contributed by atoms with van der Waals surface area (Å²) in [6.07, 6.45) is 0. The minimum absolute atomic E-state index is 0.159. The van der Waals surface area contributed by atoms with Crippen LogP contribution in [0.25, 0.3) is 56.0 Å². The Labute approximate surface area is 312 Å². The van der Waals surface area contributed by atoms with Crippen molar-refractivity contribution in [1.29, 1.82) is 0 Å². The van der Waals surface area contributed by atoms with Gasteiger partial charge in [-0.15, -0.1) is 0 Å². The number of rotatable bonds is 9. The van der Waals surface area contributed by atoms with Crippen LogP contribution in [0, 0.1) is 0 Å². The van der Waals surface area contributed by atoms with Crippen LogP contribution in [0.4, 0.5) is 22.7 Å². The third-order valence-electron chi connectivity index (χ3n) is 9.42. The fraction of sp³-hybridized carbons (Fsp3) is 0.0909. The zero-order valence-corrected chi connectivity index (χ0v) is 30.3. The Bertz CT molecular complexity index is 2440. The van der Waals surface area contributed by atoms with Crippen LogP contribution in [0.15, 0.2) is 133 Å². The van der Waals surface area contributed by atoms with Gasteiger partial charge in [0.05, 0.1) is 22.1 Å². The predicted octanol–water partition coefficient (Wildman–Crippen LogP) is 9.08. The van der Waals surface area contributed by atoms with Crippen molar-refractivity contribution in [3.8, 4) is 33.9 Å². The van der Waals surface area contributed by atoms with Crippen LogP contribution in [-0.4, -0.2) is 59.9 Å². The van der Waals surface area contributed by atoms with Gasteiger partial charge < -0.3 is 30.4 Å². The Hall–Kier alpha value is -7.20. The summed E-state index contributed by atoms with van der Waals surface area (Å²) in [6.45, 7) is 0. The summed E-state index contributed by atoms with van der Waals surface area (Å²) in [5.41, 5.74) is 12.1. The molecule has 266 valence electrons. The lowest BCUT2D eigenvalue weighted by Crippen LogP contribution is -2.13. The highest BCUT2D eigenvalue weighted by Gasteiger charge is 2.13. The first-order valence-electron chi connectivity index (χ1n) is 17.6. The second-order valence-corrected chi connectivity index (χ2v) is 13.6. The minimum Gasteiger partial charge on any atom is -0.378 e. The number of aromatic amines is 2. The van der Waals surface area contributed by atoms with Crippen molar-refractivity contribution < 1.29 is 9.59 Å². The number of amides is 2. The molecule has 8 rings (SSSR count). The molecule has 54 heavy (non-hydrogen) atoms. The van der Waals surface area contributed by atoms with E-state index in [0.717, 1.165) is 67.3 Å². The van der Waals surface area contributed by atoms with Crippen molar-refractivity contribution in [3.05, 3.63) is 145 Å². The van der Waals surface area contributed by atoms with Gasteiger partial charge in [0.2, 0.25) is 0 Å². The van der Waals surface area contributed by atoms with Crippen molar-refractivity contribution in [1.82, 2.24) is 19.9 Å². The lowest BCUT2D eigenvalue weighted by molar-refractivity contribution is 0.101. The molecule has 10 heteroatoms. The SMILES string of the molecule is CN(C)c1ccc(C(=O)Nc2ccc(-c3nc4cc(-c5ccc6nc(-c7ccc(NC(=O)c8ccc(N(C)C)cc8)cc7)[nH]c6c5)ccc4[nH]3)cc2)cc1. The second kappa shape index (κ2) is 14.1. The van der Waals surface area contributed by atoms with Crippen molar-refractivity contribution >= 4 is 56.6 Å². The number of hydrogen-bond donors (Lipinski definition) is 4. The largest absolute Gasteiger partial charge is 0.378 e. The number of carbonyl (C=O) groups is 2. The molecule has 8 aromatic rings. The highest BCUT2D eigenvalue weighted by Crippen LogP contribution is 2.30. The van der Waals surface area contributed by atoms with Gasteiger partial charge in [0.15, 0.2) is 0 Å². The van der Waals surface area contributed by atoms with Crippen LogP contribution >= 0.6 is 0 Å². The average molecular weight is 711 g/mol. The van der Waals surface area contributed by atoms with Gasteiger partial charge in [0, 0.05) is 73.2 Å². The number of anilines is 4. The summed E-state index contributed by atoms with van der Waals surface area (Å²) >= 11 is 0. The van der Waals surface area contributed by atoms with Gasteiger partial charge in [-0.2, -0.15) is 0 Å². The zero-order valence-electron chi connectivity index (χ0n) is 30.3. The highest BCUT2D eigenvalue weighted by molar-refractivity contribution is 6.05. The molecule has 4 N–H and O–H groups in total. The van der Waals surface area contributed by atoms with Crippen LogP contribution in [0.5, 0.6) is 0 Å². The number of carbonyl (C=O) groups excluding carboxylic acids is 2. The third-order valence-corrected chi connectivity index (χ3v) is 9.42. The maximum Gasteiger partial charge on any atom is 0.255 e. The van der Waals surface area contributed by atoms with Crippen LogP contribution < -0.4 is 20.4 Å². The summed E-state index contributed by atoms with van der Waals surface area (Å²) in [5.74, 6) is 1.18. The summed E-state index contributed by atoms with van der Waals surface area (Å²) in [5, 5.41) is 5.95. The van der Waals surface area contributed by atoms with Crippen LogP contribution in [0.2, 0.25) is 0 Å². The molecular formula is C44H38N8O2. The maximum absolute atomic E-state index is 12.8. The Morgan fingerprint density at radius 3 is 1.39 bits per heavy atom. The molecule has 0 atom stereocenters. The van der Waals surface area contributed by atoms with Gasteiger partial charge in [-0.1, -0.05) is 12.1 Å². The Balaban J connectivity index is 0.943. The molecule has 2 aromatic heterocycles. The lowest BCUT2D eigenvalue weighted by Gasteiger charge is -2.12. The van der Waals surface area contributed by atoms with Crippen molar-refractivity contribution in [2.24, 2.45) is 0 Å². The molecule has 0 aliphatic rings. The number of nitrogens with zero attached hydrogens (tertiary/aromatic N) is 4. The standard InChI is InChI=1S/C44H38N8O2/c1-51(2)35-19-9-29(10-20-35)43(53)45-33-15-5-27(6-16-33)41-47-37-23-13-31(25-39(37)49-41)32-14-24-38-40(26-32)50-42(48-38)28-7-17-34(18-8-28)46-44(54)30-11-21-36(22-12-30)52(3)4/h5-26H,1-4H3,(H,45,53)(H,46,54)(H,47,49)(H,48,50). The van der Waals surface area contributed by atoms with Crippen LogP contribution in [0.1, 0.15) is 20.7 Å². The van der Waals surface area contributed by atoms with Crippen LogP contribution in [-0.2, 0) is 0 Å². The number of imidazole rings is 2. The van der Waals surface area contributed by atoms with E-state index in [1.807, 2.05) is 147 Å². The van der Waals surface area contributed by atoms with E-state index in [9.17, 15) is 9.59 Å². The number of fused-ring (bicyclic) bond motifs is 2. The summed E-state index contributed by atoms with van der Waals surface area (Å²) in [7, 11) is 7.87. The number of hydrogen-bond acceptors (Lipinski definition) is 6. The van der Waals surface area contributed by atoms with Crippen molar-refractivity contribution in [3.63, 3.8) is 0 Å². The second-order valence-electron chi connectivity index (χ2n) is 13.6. The number of aromatic nitrogens is 4. The molecular weight excluding hydrogens is 673 g/mol. The fourth-order valence-electron chi connectivity index (χ4n) is 6.30. The molecule has 2 amide bonds. The van der Waals surface area contributed by atoms with E-state index in [2.05, 4.69) is 44.9 Å². The molecule has 0 saturated carbocycles. The molecule has 0 unspecified atom stereocenters. The fourth-order valence-corrected chi connectivity index (χ4v) is 6.30. The first kappa shape index (κ1) is 33.9. The molecule has 0 radical (unpaired) electrons. The molecule has 2 heterocycles. The third kappa shape index (κ3) is 7.00. The van der Waals surface area contributed by atoms with Gasteiger partial charge in [-0.05, 0) is 132 Å². The van der Waals surface area contributed by atoms with E-state index in [4.69, 9.17) is 9.97 Å². The van der Waals surface area contributed by atoms with Gasteiger partial charge in [-0.3, -0.25) is 9.59 Å². The first-order valence-corrected chi connectivity index (χ1v) is 17.6. The maximum atomic E-state index is 12.8. The number of nitrogens with one attached hydrogen (secondary N) is 4. The number of H-pyrrole nitrogens is 2. The zero-order chi connectivity index (χ0) is 37.3. The molecule has 0 spiro atoms. The summed E-state index contributed by atoms with van der Waals surface area (Å²) in [6, 6.07) is 42.7. The predicted molar refractivity (Wildman–Crippen MR) is 219 cm³/mol. The van der Waals surface area contributed by atoms with E-state index in [1.165, 1.54) is 0 Å². The van der Waals surface area contributed by atoms with E-state index in [0.29, 0.717) is 22.5 Å². The van der Waals surface area contributed by atoms with Crippen LogP contribution in [0.3, 0.4) is 0 Å². The van der Waals surface area contributed by atoms with E-state index in [1.54, 1.807) is 0 Å². The molecule has 10 nitrogen and oxygen atoms in total. The highest BCUT2D eigenvalue weighted by atomic mass is 16.2. The Kier molecular flexibility index (Phi) is 8.84. The summed E-state index contributed by atoms with van der Waals surface area (Å²) in [4.78, 5) is 46.2. The topological polar surface area (TPSA) is 122 Å². The molecule has 0 fully saturated rings. The monoisotopic (exact) mass is 710 g/mol. The lowest BCUT2D eigenvalue weighted by atomic mass is 10.0. The Morgan fingerprint density at radius 1 is 0.463 bits per heavy atom. The Morgan fingerprint density at radius 2 is 0.889 bits per heavy atom. The molecule has 0 aliphatic carbocycles. The minimum atomic E-state index is -0.159. The van der Waals surface area contributed by atoms with E-state index < -0.39 is 0 Å². The van der Waals surface area contributed by atoms with Gasteiger partial charge in [-0.25, -0.2) is 9.97 Å². The van der Waals surface area contributed by atoms with Gasteiger partial charge in [0.25, 0.3) is 11.8 Å². The molecule has 6 aromatic carbocycles. The smallest absolute Gasteiger partial charge is 0.255 e. The van der Waals surface area contributed by atoms with Gasteiger partial charge >= 0.3 is 0 Å². The average Bonchev–Trinajstić information content (AvgIpc) is 3.82.